The van der Waals surface area contributed by atoms with Crippen LogP contribution in [0.3, 0.4) is 0 Å². The number of hydrogen-bond donors (Lipinski definition) is 2. The lowest BCUT2D eigenvalue weighted by atomic mass is 9.73. The number of rotatable bonds is 6. The van der Waals surface area contributed by atoms with Crippen molar-refractivity contribution in [1.29, 1.82) is 5.26 Å². The highest BCUT2D eigenvalue weighted by Crippen LogP contribution is 2.38. The fourth-order valence-corrected chi connectivity index (χ4v) is 3.59. The van der Waals surface area contributed by atoms with E-state index in [4.69, 9.17) is 4.74 Å². The summed E-state index contributed by atoms with van der Waals surface area (Å²) in [5, 5.41) is 14.5. The number of nitriles is 1. The molecule has 9 nitrogen and oxygen atoms in total. The van der Waals surface area contributed by atoms with Gasteiger partial charge in [0.1, 0.15) is 17.6 Å². The Balaban J connectivity index is 1.91. The summed E-state index contributed by atoms with van der Waals surface area (Å²) in [4.78, 5) is 50.0. The minimum atomic E-state index is -1.09. The first-order valence-electron chi connectivity index (χ1n) is 9.57. The molecule has 2 aliphatic rings. The minimum Gasteiger partial charge on any atom is -0.454 e. The van der Waals surface area contributed by atoms with Gasteiger partial charge in [-0.05, 0) is 31.6 Å². The van der Waals surface area contributed by atoms with E-state index in [2.05, 4.69) is 10.6 Å². The normalized spacial score (nSPS) is 26.6. The average Bonchev–Trinajstić information content (AvgIpc) is 2.87. The molecule has 1 saturated heterocycles. The third kappa shape index (κ3) is 4.11. The molecule has 4 amide bonds. The van der Waals surface area contributed by atoms with Gasteiger partial charge in [-0.1, -0.05) is 33.6 Å². The Morgan fingerprint density at radius 3 is 2.68 bits per heavy atom. The largest absolute Gasteiger partial charge is 0.454 e. The maximum Gasteiger partial charge on any atom is 0.326 e. The molecule has 9 heteroatoms. The lowest BCUT2D eigenvalue weighted by molar-refractivity contribution is -0.151. The number of carbonyl (C=O) groups excluding carboxylic acids is 4. The second kappa shape index (κ2) is 8.17. The van der Waals surface area contributed by atoms with Crippen LogP contribution in [0.5, 0.6) is 0 Å². The van der Waals surface area contributed by atoms with Crippen molar-refractivity contribution in [2.24, 2.45) is 11.8 Å². The van der Waals surface area contributed by atoms with Crippen molar-refractivity contribution in [3.8, 4) is 6.07 Å². The maximum absolute atomic E-state index is 12.8. The highest BCUT2D eigenvalue weighted by molar-refractivity contribution is 6.09. The van der Waals surface area contributed by atoms with Crippen molar-refractivity contribution in [3.05, 3.63) is 0 Å². The first kappa shape index (κ1) is 21.7. The molecule has 0 aromatic heterocycles. The fourth-order valence-electron chi connectivity index (χ4n) is 3.59. The summed E-state index contributed by atoms with van der Waals surface area (Å²) < 4.78 is 4.90. The maximum atomic E-state index is 12.8. The summed E-state index contributed by atoms with van der Waals surface area (Å²) in [7, 11) is 0. The molecule has 1 spiro atoms. The number of carbonyl (C=O) groups is 4. The lowest BCUT2D eigenvalue weighted by Crippen LogP contribution is -2.54. The van der Waals surface area contributed by atoms with Crippen LogP contribution in [0, 0.1) is 23.2 Å². The van der Waals surface area contributed by atoms with Gasteiger partial charge in [0.05, 0.1) is 6.07 Å². The monoisotopic (exact) mass is 392 g/mol. The minimum absolute atomic E-state index is 0.0100. The van der Waals surface area contributed by atoms with E-state index in [0.29, 0.717) is 6.42 Å². The third-order valence-corrected chi connectivity index (χ3v) is 5.94. The molecule has 0 aromatic carbocycles. The molecule has 28 heavy (non-hydrogen) atoms. The van der Waals surface area contributed by atoms with Gasteiger partial charge >= 0.3 is 12.0 Å². The highest BCUT2D eigenvalue weighted by Gasteiger charge is 2.55. The molecule has 2 N–H and O–H groups in total. The zero-order valence-corrected chi connectivity index (χ0v) is 16.8. The third-order valence-electron chi connectivity index (χ3n) is 5.94. The van der Waals surface area contributed by atoms with Crippen molar-refractivity contribution in [1.82, 2.24) is 15.5 Å². The number of amides is 4. The van der Waals surface area contributed by atoms with Gasteiger partial charge in [-0.25, -0.2) is 4.79 Å². The van der Waals surface area contributed by atoms with Crippen LogP contribution < -0.4 is 10.6 Å². The van der Waals surface area contributed by atoms with Crippen LogP contribution in [0.1, 0.15) is 53.4 Å². The van der Waals surface area contributed by atoms with Crippen molar-refractivity contribution in [2.75, 3.05) is 13.2 Å². The molecule has 2 rings (SSSR count). The van der Waals surface area contributed by atoms with Gasteiger partial charge in [-0.15, -0.1) is 0 Å². The predicted octanol–water partition coefficient (Wildman–Crippen LogP) is 1.08. The zero-order valence-electron chi connectivity index (χ0n) is 16.8. The molecule has 2 fully saturated rings. The molecule has 0 radical (unpaired) electrons. The molecule has 0 aromatic rings. The number of nitrogens with one attached hydrogen (secondary N) is 2. The number of urea groups is 1. The van der Waals surface area contributed by atoms with Gasteiger partial charge in [-0.2, -0.15) is 5.26 Å². The average molecular weight is 392 g/mol. The summed E-state index contributed by atoms with van der Waals surface area (Å²) in [6.07, 6.45) is 3.22. The van der Waals surface area contributed by atoms with Gasteiger partial charge in [0, 0.05) is 0 Å². The Morgan fingerprint density at radius 2 is 2.11 bits per heavy atom. The van der Waals surface area contributed by atoms with E-state index in [9.17, 15) is 24.4 Å². The first-order chi connectivity index (χ1) is 13.1. The van der Waals surface area contributed by atoms with Gasteiger partial charge in [0.15, 0.2) is 6.61 Å². The van der Waals surface area contributed by atoms with Crippen molar-refractivity contribution >= 4 is 23.8 Å². The molecular weight excluding hydrogens is 364 g/mol. The van der Waals surface area contributed by atoms with Gasteiger partial charge in [-0.3, -0.25) is 19.3 Å². The van der Waals surface area contributed by atoms with Crippen LogP contribution in [0.2, 0.25) is 0 Å². The number of ether oxygens (including phenoxy) is 1. The summed E-state index contributed by atoms with van der Waals surface area (Å²) in [6, 6.07) is 1.41. The lowest BCUT2D eigenvalue weighted by Gasteiger charge is -2.36. The molecule has 1 heterocycles. The van der Waals surface area contributed by atoms with Crippen LogP contribution in [-0.4, -0.2) is 52.9 Å². The Bertz CT molecular complexity index is 716. The summed E-state index contributed by atoms with van der Waals surface area (Å²) in [6.45, 7) is 5.93. The smallest absolute Gasteiger partial charge is 0.326 e. The summed E-state index contributed by atoms with van der Waals surface area (Å²) >= 11 is 0. The first-order valence-corrected chi connectivity index (χ1v) is 9.57. The predicted molar refractivity (Wildman–Crippen MR) is 98.6 cm³/mol. The Kier molecular flexibility index (Phi) is 6.32. The van der Waals surface area contributed by atoms with E-state index >= 15 is 0 Å². The molecule has 3 atom stereocenters. The van der Waals surface area contributed by atoms with Gasteiger partial charge in [0.2, 0.25) is 0 Å². The number of esters is 1. The van der Waals surface area contributed by atoms with E-state index in [0.717, 1.165) is 24.2 Å². The highest BCUT2D eigenvalue weighted by atomic mass is 16.5. The van der Waals surface area contributed by atoms with Gasteiger partial charge in [0.25, 0.3) is 11.8 Å². The standard InChI is InChI=1S/C19H28N4O5/c1-12(2)18(4,11-20)21-14(24)10-28-15(25)9-23-16(26)19(22-17(23)27)8-6-5-7-13(19)3/h12-13H,5-10H2,1-4H3,(H,21,24)(H,22,27)/t13-,18-,19+/m0/s1. The summed E-state index contributed by atoms with van der Waals surface area (Å²) in [5.74, 6) is -2.05. The van der Waals surface area contributed by atoms with E-state index < -0.39 is 48.0 Å². The van der Waals surface area contributed by atoms with Crippen molar-refractivity contribution in [3.63, 3.8) is 0 Å². The van der Waals surface area contributed by atoms with Crippen molar-refractivity contribution in [2.45, 2.75) is 64.5 Å². The van der Waals surface area contributed by atoms with Gasteiger partial charge < -0.3 is 15.4 Å². The van der Waals surface area contributed by atoms with Crippen LogP contribution in [-0.2, 0) is 19.1 Å². The summed E-state index contributed by atoms with van der Waals surface area (Å²) in [5.41, 5.74) is -2.03. The Labute approximate surface area is 164 Å². The molecule has 1 aliphatic heterocycles. The Hall–Kier alpha value is -2.63. The van der Waals surface area contributed by atoms with Crippen LogP contribution in [0.15, 0.2) is 0 Å². The Morgan fingerprint density at radius 1 is 1.43 bits per heavy atom. The molecule has 1 saturated carbocycles. The second-order valence-electron chi connectivity index (χ2n) is 8.12. The van der Waals surface area contributed by atoms with E-state index in [-0.39, 0.29) is 11.8 Å². The SMILES string of the molecule is CC(C)[C@](C)(C#N)NC(=O)COC(=O)CN1C(=O)N[C@@]2(CCCC[C@@H]2C)C1=O. The van der Waals surface area contributed by atoms with E-state index in [1.165, 1.54) is 0 Å². The zero-order chi connectivity index (χ0) is 21.1. The number of nitrogens with zero attached hydrogens (tertiary/aromatic N) is 2. The quantitative estimate of drug-likeness (QED) is 0.514. The van der Waals surface area contributed by atoms with E-state index in [1.807, 2.05) is 13.0 Å². The van der Waals surface area contributed by atoms with E-state index in [1.54, 1.807) is 20.8 Å². The van der Waals surface area contributed by atoms with Crippen LogP contribution in [0.25, 0.3) is 0 Å². The molecule has 1 aliphatic carbocycles. The molecule has 154 valence electrons. The topological polar surface area (TPSA) is 129 Å². The fraction of sp³-hybridized carbons (Fsp3) is 0.737. The molecule has 0 unspecified atom stereocenters. The van der Waals surface area contributed by atoms with Crippen molar-refractivity contribution < 1.29 is 23.9 Å². The number of hydrogen-bond acceptors (Lipinski definition) is 6. The number of imide groups is 1. The molecular formula is C19H28N4O5. The van der Waals surface area contributed by atoms with Crippen LogP contribution >= 0.6 is 0 Å². The molecule has 0 bridgehead atoms. The van der Waals surface area contributed by atoms with Crippen LogP contribution in [0.4, 0.5) is 4.79 Å². The second-order valence-corrected chi connectivity index (χ2v) is 8.12.